The summed E-state index contributed by atoms with van der Waals surface area (Å²) >= 11 is 0. The Morgan fingerprint density at radius 2 is 1.88 bits per heavy atom. The zero-order valence-electron chi connectivity index (χ0n) is 9.95. The molecule has 1 heterocycles. The summed E-state index contributed by atoms with van der Waals surface area (Å²) in [6, 6.07) is 0. The van der Waals surface area contributed by atoms with Crippen LogP contribution in [0.3, 0.4) is 0 Å². The van der Waals surface area contributed by atoms with Crippen molar-refractivity contribution in [2.75, 3.05) is 6.54 Å². The van der Waals surface area contributed by atoms with Crippen LogP contribution in [-0.4, -0.2) is 35.7 Å². The molecule has 0 bridgehead atoms. The predicted molar refractivity (Wildman–Crippen MR) is 58.0 cm³/mol. The van der Waals surface area contributed by atoms with Gasteiger partial charge in [0.1, 0.15) is 6.10 Å². The Kier molecular flexibility index (Phi) is 3.91. The minimum Gasteiger partial charge on any atom is -0.479 e. The highest BCUT2D eigenvalue weighted by Crippen LogP contribution is 2.20. The fourth-order valence-electron chi connectivity index (χ4n) is 1.48. The van der Waals surface area contributed by atoms with Gasteiger partial charge in [-0.1, -0.05) is 20.8 Å². The molecule has 0 aromatic carbocycles. The van der Waals surface area contributed by atoms with E-state index >= 15 is 0 Å². The van der Waals surface area contributed by atoms with Crippen molar-refractivity contribution in [2.24, 2.45) is 5.41 Å². The third-order valence-electron chi connectivity index (χ3n) is 2.38. The zero-order chi connectivity index (χ0) is 12.3. The molecule has 0 spiro atoms. The normalized spacial score (nSPS) is 25.4. The van der Waals surface area contributed by atoms with Gasteiger partial charge in [-0.25, -0.2) is 4.79 Å². The summed E-state index contributed by atoms with van der Waals surface area (Å²) < 4.78 is 5.14. The van der Waals surface area contributed by atoms with Crippen LogP contribution in [0.5, 0.6) is 0 Å². The van der Waals surface area contributed by atoms with Crippen LogP contribution in [0.1, 0.15) is 33.6 Å². The van der Waals surface area contributed by atoms with Gasteiger partial charge in [0.05, 0.1) is 0 Å². The Balaban J connectivity index is 2.37. The maximum absolute atomic E-state index is 11.6. The average Bonchev–Trinajstić information content (AvgIpc) is 2.61. The van der Waals surface area contributed by atoms with Crippen molar-refractivity contribution in [1.82, 2.24) is 5.32 Å². The molecule has 1 aliphatic heterocycles. The second-order valence-corrected chi connectivity index (χ2v) is 5.31. The number of carboxylic acid groups (broad SMARTS) is 1. The van der Waals surface area contributed by atoms with Crippen LogP contribution in [0.2, 0.25) is 0 Å². The molecule has 1 saturated heterocycles. The third-order valence-corrected chi connectivity index (χ3v) is 2.38. The summed E-state index contributed by atoms with van der Waals surface area (Å²) in [6.07, 6.45) is -0.551. The standard InChI is InChI=1S/C11H19NO4/c1-11(2,3)6-12-9(13)7-4-5-8(16-7)10(14)15/h7-8H,4-6H2,1-3H3,(H,12,13)(H,14,15). The van der Waals surface area contributed by atoms with Gasteiger partial charge in [-0.2, -0.15) is 0 Å². The van der Waals surface area contributed by atoms with Gasteiger partial charge in [-0.15, -0.1) is 0 Å². The van der Waals surface area contributed by atoms with Crippen LogP contribution in [0.25, 0.3) is 0 Å². The molecule has 2 atom stereocenters. The molecule has 0 saturated carbocycles. The zero-order valence-corrected chi connectivity index (χ0v) is 9.95. The van der Waals surface area contributed by atoms with Gasteiger partial charge in [0.25, 0.3) is 0 Å². The van der Waals surface area contributed by atoms with Crippen molar-refractivity contribution in [1.29, 1.82) is 0 Å². The third kappa shape index (κ3) is 3.81. The van der Waals surface area contributed by atoms with Gasteiger partial charge in [0.15, 0.2) is 6.10 Å². The van der Waals surface area contributed by atoms with Crippen LogP contribution in [0, 0.1) is 5.41 Å². The maximum atomic E-state index is 11.6. The lowest BCUT2D eigenvalue weighted by Gasteiger charge is -2.20. The molecular formula is C11H19NO4. The second-order valence-electron chi connectivity index (χ2n) is 5.31. The summed E-state index contributed by atoms with van der Waals surface area (Å²) in [5, 5.41) is 11.5. The lowest BCUT2D eigenvalue weighted by atomic mass is 9.97. The first kappa shape index (κ1) is 13.0. The van der Waals surface area contributed by atoms with E-state index in [0.717, 1.165) is 0 Å². The number of hydrogen-bond donors (Lipinski definition) is 2. The quantitative estimate of drug-likeness (QED) is 0.750. The number of ether oxygens (including phenoxy) is 1. The number of nitrogens with one attached hydrogen (secondary N) is 1. The molecule has 5 heteroatoms. The highest BCUT2D eigenvalue weighted by atomic mass is 16.5. The molecule has 0 radical (unpaired) electrons. The molecular weight excluding hydrogens is 210 g/mol. The number of amides is 1. The van der Waals surface area contributed by atoms with Crippen molar-refractivity contribution in [2.45, 2.75) is 45.8 Å². The molecule has 5 nitrogen and oxygen atoms in total. The van der Waals surface area contributed by atoms with Gasteiger partial charge in [0, 0.05) is 6.54 Å². The van der Waals surface area contributed by atoms with E-state index < -0.39 is 18.2 Å². The van der Waals surface area contributed by atoms with Gasteiger partial charge < -0.3 is 15.2 Å². The highest BCUT2D eigenvalue weighted by Gasteiger charge is 2.34. The topological polar surface area (TPSA) is 75.6 Å². The number of carbonyl (C=O) groups excluding carboxylic acids is 1. The first-order valence-corrected chi connectivity index (χ1v) is 5.45. The Morgan fingerprint density at radius 1 is 1.31 bits per heavy atom. The van der Waals surface area contributed by atoms with E-state index in [1.165, 1.54) is 0 Å². The van der Waals surface area contributed by atoms with Gasteiger partial charge >= 0.3 is 5.97 Å². The van der Waals surface area contributed by atoms with Crippen molar-refractivity contribution < 1.29 is 19.4 Å². The Hall–Kier alpha value is -1.10. The predicted octanol–water partition coefficient (Wildman–Crippen LogP) is 0.781. The minimum absolute atomic E-state index is 0.0143. The van der Waals surface area contributed by atoms with Crippen LogP contribution in [-0.2, 0) is 14.3 Å². The first-order valence-electron chi connectivity index (χ1n) is 5.45. The van der Waals surface area contributed by atoms with Gasteiger partial charge in [-0.3, -0.25) is 4.79 Å². The van der Waals surface area contributed by atoms with Gasteiger partial charge in [0.2, 0.25) is 5.91 Å². The summed E-state index contributed by atoms with van der Waals surface area (Å²) in [5.41, 5.74) is 0.0143. The molecule has 1 rings (SSSR count). The summed E-state index contributed by atoms with van der Waals surface area (Å²) in [4.78, 5) is 22.3. The Bertz CT molecular complexity index is 282. The van der Waals surface area contributed by atoms with Gasteiger partial charge in [-0.05, 0) is 18.3 Å². The fraction of sp³-hybridized carbons (Fsp3) is 0.818. The largest absolute Gasteiger partial charge is 0.479 e. The van der Waals surface area contributed by atoms with E-state index in [2.05, 4.69) is 5.32 Å². The van der Waals surface area contributed by atoms with E-state index in [-0.39, 0.29) is 11.3 Å². The molecule has 16 heavy (non-hydrogen) atoms. The molecule has 1 fully saturated rings. The van der Waals surface area contributed by atoms with Crippen molar-refractivity contribution in [3.05, 3.63) is 0 Å². The van der Waals surface area contributed by atoms with Crippen LogP contribution >= 0.6 is 0 Å². The number of aliphatic carboxylic acids is 1. The monoisotopic (exact) mass is 229 g/mol. The molecule has 92 valence electrons. The van der Waals surface area contributed by atoms with E-state index in [1.807, 2.05) is 20.8 Å². The summed E-state index contributed by atoms with van der Waals surface area (Å²) in [5.74, 6) is -1.20. The minimum atomic E-state index is -0.994. The number of carboxylic acids is 1. The van der Waals surface area contributed by atoms with Crippen LogP contribution in [0.15, 0.2) is 0 Å². The Morgan fingerprint density at radius 3 is 2.31 bits per heavy atom. The summed E-state index contributed by atoms with van der Waals surface area (Å²) in [6.45, 7) is 6.61. The number of rotatable bonds is 3. The smallest absolute Gasteiger partial charge is 0.332 e. The molecule has 1 amide bonds. The molecule has 2 N–H and O–H groups in total. The number of hydrogen-bond acceptors (Lipinski definition) is 3. The molecule has 2 unspecified atom stereocenters. The highest BCUT2D eigenvalue weighted by molar-refractivity contribution is 5.82. The number of carbonyl (C=O) groups is 2. The van der Waals surface area contributed by atoms with E-state index in [9.17, 15) is 9.59 Å². The van der Waals surface area contributed by atoms with Crippen molar-refractivity contribution in [3.63, 3.8) is 0 Å². The SMILES string of the molecule is CC(C)(C)CNC(=O)C1CCC(C(=O)O)O1. The first-order chi connectivity index (χ1) is 7.29. The Labute approximate surface area is 95.2 Å². The second kappa shape index (κ2) is 4.82. The lowest BCUT2D eigenvalue weighted by Crippen LogP contribution is -2.39. The van der Waals surface area contributed by atoms with E-state index in [4.69, 9.17) is 9.84 Å². The van der Waals surface area contributed by atoms with Crippen LogP contribution in [0.4, 0.5) is 0 Å². The van der Waals surface area contributed by atoms with E-state index in [0.29, 0.717) is 19.4 Å². The molecule has 0 aliphatic carbocycles. The average molecular weight is 229 g/mol. The fourth-order valence-corrected chi connectivity index (χ4v) is 1.48. The molecule has 0 aromatic rings. The van der Waals surface area contributed by atoms with Crippen molar-refractivity contribution >= 4 is 11.9 Å². The maximum Gasteiger partial charge on any atom is 0.332 e. The van der Waals surface area contributed by atoms with Crippen LogP contribution < -0.4 is 5.32 Å². The van der Waals surface area contributed by atoms with Crippen molar-refractivity contribution in [3.8, 4) is 0 Å². The lowest BCUT2D eigenvalue weighted by molar-refractivity contribution is -0.151. The molecule has 0 aromatic heterocycles. The van der Waals surface area contributed by atoms with E-state index in [1.54, 1.807) is 0 Å². The molecule has 1 aliphatic rings. The summed E-state index contributed by atoms with van der Waals surface area (Å²) in [7, 11) is 0.